The Balaban J connectivity index is 1.42. The first-order chi connectivity index (χ1) is 14.5. The van der Waals surface area contributed by atoms with E-state index in [1.807, 2.05) is 53.2 Å². The number of carbonyl (C=O) groups is 2. The van der Waals surface area contributed by atoms with E-state index in [0.717, 1.165) is 37.9 Å². The molecule has 1 atom stereocenters. The number of anilines is 1. The maximum absolute atomic E-state index is 13.4. The van der Waals surface area contributed by atoms with Crippen LogP contribution in [0.25, 0.3) is 0 Å². The first-order valence-corrected chi connectivity index (χ1v) is 10.7. The summed E-state index contributed by atoms with van der Waals surface area (Å²) in [5.41, 5.74) is 0.162. The number of carbonyl (C=O) groups excluding carboxylic acids is 2. The van der Waals surface area contributed by atoms with Crippen molar-refractivity contribution in [1.82, 2.24) is 19.8 Å². The zero-order valence-electron chi connectivity index (χ0n) is 17.3. The molecule has 2 amide bonds. The summed E-state index contributed by atoms with van der Waals surface area (Å²) >= 11 is 0. The van der Waals surface area contributed by atoms with Gasteiger partial charge in [-0.25, -0.2) is 9.97 Å². The van der Waals surface area contributed by atoms with Crippen LogP contribution in [0, 0.1) is 10.8 Å². The third-order valence-corrected chi connectivity index (χ3v) is 7.46. The van der Waals surface area contributed by atoms with Gasteiger partial charge in [-0.05, 0) is 37.5 Å². The van der Waals surface area contributed by atoms with Crippen LogP contribution >= 0.6 is 0 Å². The minimum atomic E-state index is -0.414. The third kappa shape index (κ3) is 2.79. The molecule has 0 radical (unpaired) electrons. The summed E-state index contributed by atoms with van der Waals surface area (Å²) in [5.74, 6) is 1.01. The Labute approximate surface area is 176 Å². The molecule has 0 unspecified atom stereocenters. The van der Waals surface area contributed by atoms with Crippen LogP contribution in [0.4, 0.5) is 5.95 Å². The highest BCUT2D eigenvalue weighted by Gasteiger charge is 2.65. The summed E-state index contributed by atoms with van der Waals surface area (Å²) in [6.45, 7) is 3.57. The van der Waals surface area contributed by atoms with E-state index in [1.54, 1.807) is 12.4 Å². The second kappa shape index (κ2) is 7.07. The Morgan fingerprint density at radius 2 is 1.63 bits per heavy atom. The zero-order chi connectivity index (χ0) is 20.8. The molecule has 7 nitrogen and oxygen atoms in total. The van der Waals surface area contributed by atoms with Crippen LogP contribution in [0.5, 0.6) is 0 Å². The number of rotatable bonds is 2. The van der Waals surface area contributed by atoms with Crippen LogP contribution in [-0.4, -0.2) is 71.4 Å². The Morgan fingerprint density at radius 3 is 2.27 bits per heavy atom. The number of aromatic nitrogens is 2. The number of nitrogens with zero attached hydrogens (tertiary/aromatic N) is 5. The van der Waals surface area contributed by atoms with Gasteiger partial charge in [0.05, 0.1) is 5.41 Å². The van der Waals surface area contributed by atoms with Gasteiger partial charge in [0.1, 0.15) is 0 Å². The second-order valence-electron chi connectivity index (χ2n) is 8.90. The van der Waals surface area contributed by atoms with E-state index in [-0.39, 0.29) is 17.2 Å². The first-order valence-electron chi connectivity index (χ1n) is 10.7. The second-order valence-corrected chi connectivity index (χ2v) is 8.90. The van der Waals surface area contributed by atoms with E-state index >= 15 is 0 Å². The normalized spacial score (nSPS) is 25.5. The molecule has 0 saturated carbocycles. The van der Waals surface area contributed by atoms with Gasteiger partial charge in [0.15, 0.2) is 0 Å². The Hall–Kier alpha value is -2.96. The minimum Gasteiger partial charge on any atom is -0.345 e. The van der Waals surface area contributed by atoms with E-state index in [9.17, 15) is 9.59 Å². The highest BCUT2D eigenvalue weighted by Crippen LogP contribution is 2.58. The molecule has 5 rings (SSSR count). The predicted molar refractivity (Wildman–Crippen MR) is 113 cm³/mol. The highest BCUT2D eigenvalue weighted by atomic mass is 16.2. The van der Waals surface area contributed by atoms with Crippen molar-refractivity contribution in [2.24, 2.45) is 10.8 Å². The Bertz CT molecular complexity index is 943. The number of hydrogen-bond acceptors (Lipinski definition) is 5. The van der Waals surface area contributed by atoms with Crippen LogP contribution in [-0.2, 0) is 4.79 Å². The fourth-order valence-electron chi connectivity index (χ4n) is 5.77. The summed E-state index contributed by atoms with van der Waals surface area (Å²) in [5, 5.41) is 0. The summed E-state index contributed by atoms with van der Waals surface area (Å²) in [4.78, 5) is 41.2. The van der Waals surface area contributed by atoms with Crippen molar-refractivity contribution in [2.45, 2.75) is 19.3 Å². The lowest BCUT2D eigenvalue weighted by atomic mass is 9.60. The monoisotopic (exact) mass is 405 g/mol. The van der Waals surface area contributed by atoms with Crippen molar-refractivity contribution >= 4 is 17.8 Å². The van der Waals surface area contributed by atoms with Crippen LogP contribution in [0.15, 0.2) is 48.8 Å². The lowest BCUT2D eigenvalue weighted by molar-refractivity contribution is -0.140. The molecule has 3 saturated heterocycles. The molecule has 4 heterocycles. The van der Waals surface area contributed by atoms with Crippen LogP contribution in [0.1, 0.15) is 29.6 Å². The molecule has 0 N–H and O–H groups in total. The maximum atomic E-state index is 13.4. The lowest BCUT2D eigenvalue weighted by Crippen LogP contribution is -2.53. The largest absolute Gasteiger partial charge is 0.345 e. The third-order valence-electron chi connectivity index (χ3n) is 7.46. The fraction of sp³-hybridized carbons (Fsp3) is 0.478. The number of benzene rings is 1. The van der Waals surface area contributed by atoms with Crippen molar-refractivity contribution in [3.8, 4) is 0 Å². The van der Waals surface area contributed by atoms with Gasteiger partial charge in [-0.15, -0.1) is 0 Å². The zero-order valence-corrected chi connectivity index (χ0v) is 17.3. The molecule has 1 aromatic carbocycles. The molecule has 3 fully saturated rings. The Kier molecular flexibility index (Phi) is 4.49. The molecule has 156 valence electrons. The molecule has 0 bridgehead atoms. The van der Waals surface area contributed by atoms with Gasteiger partial charge in [-0.1, -0.05) is 18.2 Å². The van der Waals surface area contributed by atoms with E-state index < -0.39 is 5.41 Å². The predicted octanol–water partition coefficient (Wildman–Crippen LogP) is 2.07. The SMILES string of the molecule is CN1CC[C@]2(CN(c3ncccn3)CC23CCN(C(=O)c2ccccc2)CC3)C1=O. The van der Waals surface area contributed by atoms with E-state index in [1.165, 1.54) is 0 Å². The van der Waals surface area contributed by atoms with E-state index in [4.69, 9.17) is 0 Å². The average Bonchev–Trinajstić information content (AvgIpc) is 3.28. The van der Waals surface area contributed by atoms with Gasteiger partial charge in [-0.2, -0.15) is 0 Å². The van der Waals surface area contributed by atoms with Crippen LogP contribution in [0.2, 0.25) is 0 Å². The number of piperidine rings is 1. The summed E-state index contributed by atoms with van der Waals surface area (Å²) in [6, 6.07) is 11.3. The lowest BCUT2D eigenvalue weighted by Gasteiger charge is -2.46. The molecule has 7 heteroatoms. The van der Waals surface area contributed by atoms with E-state index in [2.05, 4.69) is 14.9 Å². The smallest absolute Gasteiger partial charge is 0.253 e. The molecule has 2 aromatic rings. The average molecular weight is 406 g/mol. The summed E-state index contributed by atoms with van der Waals surface area (Å²) in [7, 11) is 1.90. The maximum Gasteiger partial charge on any atom is 0.253 e. The topological polar surface area (TPSA) is 69.6 Å². The standard InChI is InChI=1S/C23H27N5O2/c1-26-13-10-23(20(26)30)17-28(21-24-11-5-12-25-21)16-22(23)8-14-27(15-9-22)19(29)18-6-3-2-4-7-18/h2-7,11-12H,8-10,13-17H2,1H3/t23-/m0/s1. The van der Waals surface area contributed by atoms with Gasteiger partial charge in [-0.3, -0.25) is 9.59 Å². The number of amides is 2. The van der Waals surface area contributed by atoms with Crippen LogP contribution < -0.4 is 4.90 Å². The molecular formula is C23H27N5O2. The van der Waals surface area contributed by atoms with Gasteiger partial charge < -0.3 is 14.7 Å². The molecular weight excluding hydrogens is 378 g/mol. The molecule has 2 spiro atoms. The highest BCUT2D eigenvalue weighted by molar-refractivity contribution is 5.94. The van der Waals surface area contributed by atoms with Crippen molar-refractivity contribution in [3.63, 3.8) is 0 Å². The molecule has 3 aliphatic heterocycles. The molecule has 3 aliphatic rings. The van der Waals surface area contributed by atoms with Gasteiger partial charge in [0.2, 0.25) is 11.9 Å². The van der Waals surface area contributed by atoms with Crippen molar-refractivity contribution in [2.75, 3.05) is 44.7 Å². The molecule has 30 heavy (non-hydrogen) atoms. The van der Waals surface area contributed by atoms with Gasteiger partial charge in [0, 0.05) is 63.1 Å². The number of likely N-dealkylation sites (tertiary alicyclic amines) is 2. The summed E-state index contributed by atoms with van der Waals surface area (Å²) in [6.07, 6.45) is 6.02. The molecule has 1 aromatic heterocycles. The minimum absolute atomic E-state index is 0.0793. The quantitative estimate of drug-likeness (QED) is 0.765. The van der Waals surface area contributed by atoms with E-state index in [0.29, 0.717) is 25.6 Å². The molecule has 0 aliphatic carbocycles. The van der Waals surface area contributed by atoms with Crippen molar-refractivity contribution in [3.05, 3.63) is 54.4 Å². The fourth-order valence-corrected chi connectivity index (χ4v) is 5.77. The summed E-state index contributed by atoms with van der Waals surface area (Å²) < 4.78 is 0. The van der Waals surface area contributed by atoms with Crippen molar-refractivity contribution in [1.29, 1.82) is 0 Å². The number of fused-ring (bicyclic) bond motifs is 1. The number of hydrogen-bond donors (Lipinski definition) is 0. The Morgan fingerprint density at radius 1 is 0.933 bits per heavy atom. The van der Waals surface area contributed by atoms with Gasteiger partial charge >= 0.3 is 0 Å². The first kappa shape index (κ1) is 19.0. The van der Waals surface area contributed by atoms with Crippen LogP contribution in [0.3, 0.4) is 0 Å². The van der Waals surface area contributed by atoms with Gasteiger partial charge in [0.25, 0.3) is 5.91 Å². The van der Waals surface area contributed by atoms with Crippen molar-refractivity contribution < 1.29 is 9.59 Å².